The van der Waals surface area contributed by atoms with Gasteiger partial charge in [-0.1, -0.05) is 38.1 Å². The Balaban J connectivity index is 3.40. The third kappa shape index (κ3) is 4.38. The fourth-order valence-corrected chi connectivity index (χ4v) is 2.76. The van der Waals surface area contributed by atoms with Gasteiger partial charge in [0.2, 0.25) is 0 Å². The lowest BCUT2D eigenvalue weighted by Crippen LogP contribution is -2.66. The summed E-state index contributed by atoms with van der Waals surface area (Å²) in [5, 5.41) is 0. The van der Waals surface area contributed by atoms with E-state index in [1.807, 2.05) is 0 Å². The van der Waals surface area contributed by atoms with Crippen LogP contribution >= 0.6 is 0 Å². The van der Waals surface area contributed by atoms with Gasteiger partial charge < -0.3 is 4.74 Å². The molecule has 0 aliphatic heterocycles. The second-order valence-electron chi connectivity index (χ2n) is 6.79. The lowest BCUT2D eigenvalue weighted by Gasteiger charge is -2.38. The highest BCUT2D eigenvalue weighted by Crippen LogP contribution is 2.58. The Labute approximate surface area is 165 Å². The molecule has 174 valence electrons. The first-order chi connectivity index (χ1) is 13.4. The van der Waals surface area contributed by atoms with Gasteiger partial charge in [0.25, 0.3) is 0 Å². The Morgan fingerprint density at radius 3 is 1.63 bits per heavy atom. The van der Waals surface area contributed by atoms with Crippen LogP contribution in [0.15, 0.2) is 24.3 Å². The molecule has 0 aliphatic carbocycles. The van der Waals surface area contributed by atoms with E-state index in [0.29, 0.717) is 12.0 Å². The first-order valence-electron chi connectivity index (χ1n) is 8.58. The maximum atomic E-state index is 14.1. The van der Waals surface area contributed by atoms with Crippen molar-refractivity contribution in [1.29, 1.82) is 0 Å². The normalized spacial score (nSPS) is 16.5. The predicted molar refractivity (Wildman–Crippen MR) is 85.4 cm³/mol. The molecule has 12 heteroatoms. The molecule has 0 fully saturated rings. The van der Waals surface area contributed by atoms with Crippen LogP contribution in [-0.2, 0) is 4.74 Å². The molecule has 2 atom stereocenters. The molecule has 1 nitrogen and oxygen atoms in total. The zero-order valence-electron chi connectivity index (χ0n) is 15.9. The van der Waals surface area contributed by atoms with E-state index >= 15 is 0 Å². The maximum absolute atomic E-state index is 14.1. The summed E-state index contributed by atoms with van der Waals surface area (Å²) < 4.78 is 150. The summed E-state index contributed by atoms with van der Waals surface area (Å²) in [6.07, 6.45) is -10.9. The molecule has 1 aromatic carbocycles. The topological polar surface area (TPSA) is 9.23 Å². The Kier molecular flexibility index (Phi) is 7.50. The number of hydrogen-bond donors (Lipinski definition) is 0. The van der Waals surface area contributed by atoms with Crippen LogP contribution in [0.5, 0.6) is 0 Å². The minimum atomic E-state index is -7.42. The van der Waals surface area contributed by atoms with Gasteiger partial charge in [0.15, 0.2) is 0 Å². The highest BCUT2D eigenvalue weighted by molar-refractivity contribution is 5.32. The van der Waals surface area contributed by atoms with Crippen molar-refractivity contribution in [2.24, 2.45) is 0 Å². The van der Waals surface area contributed by atoms with Crippen molar-refractivity contribution in [3.8, 4) is 0 Å². The number of hydrogen-bond acceptors (Lipinski definition) is 1. The number of benzene rings is 1. The summed E-state index contributed by atoms with van der Waals surface area (Å²) >= 11 is 0. The van der Waals surface area contributed by atoms with Crippen molar-refractivity contribution in [1.82, 2.24) is 0 Å². The van der Waals surface area contributed by atoms with Crippen LogP contribution in [0.25, 0.3) is 0 Å². The van der Waals surface area contributed by atoms with Crippen molar-refractivity contribution in [2.45, 2.75) is 68.6 Å². The van der Waals surface area contributed by atoms with E-state index in [4.69, 9.17) is 4.74 Å². The van der Waals surface area contributed by atoms with E-state index in [1.165, 1.54) is 24.3 Å². The second kappa shape index (κ2) is 8.51. The molecule has 0 amide bonds. The zero-order chi connectivity index (χ0) is 23.8. The first kappa shape index (κ1) is 26.4. The average Bonchev–Trinajstić information content (AvgIpc) is 2.64. The standard InChI is InChI=1S/C18H19F11O/c1-4-10(2)11-7-5-6-8-12(11)13(30-3)9-14(19,20)15(21,22)16(23,24)17(25,26)18(27,28)29/h5-8,10,13H,4,9H2,1-3H3. The van der Waals surface area contributed by atoms with Crippen molar-refractivity contribution in [3.05, 3.63) is 35.4 Å². The summed E-state index contributed by atoms with van der Waals surface area (Å²) in [7, 11) is 0.786. The summed E-state index contributed by atoms with van der Waals surface area (Å²) in [4.78, 5) is 0. The minimum absolute atomic E-state index is 0.101. The van der Waals surface area contributed by atoms with Gasteiger partial charge in [-0.2, -0.15) is 48.3 Å². The number of ether oxygens (including phenoxy) is 1. The van der Waals surface area contributed by atoms with Crippen LogP contribution in [0, 0.1) is 0 Å². The highest BCUT2D eigenvalue weighted by Gasteiger charge is 2.87. The Bertz CT molecular complexity index is 712. The van der Waals surface area contributed by atoms with Crippen molar-refractivity contribution >= 4 is 0 Å². The molecular formula is C18H19F11O. The van der Waals surface area contributed by atoms with Gasteiger partial charge in [-0.05, 0) is 23.5 Å². The molecular weight excluding hydrogens is 441 g/mol. The summed E-state index contributed by atoms with van der Waals surface area (Å²) in [5.41, 5.74) is 0.245. The smallest absolute Gasteiger partial charge is 0.377 e. The lowest BCUT2D eigenvalue weighted by molar-refractivity contribution is -0.423. The molecule has 0 N–H and O–H groups in total. The van der Waals surface area contributed by atoms with Gasteiger partial charge in [-0.15, -0.1) is 0 Å². The summed E-state index contributed by atoms with van der Waals surface area (Å²) in [6.45, 7) is 3.36. The largest absolute Gasteiger partial charge is 0.460 e. The molecule has 0 aliphatic rings. The summed E-state index contributed by atoms with van der Waals surface area (Å²) in [6, 6.07) is 5.43. The van der Waals surface area contributed by atoms with Crippen LogP contribution in [0.4, 0.5) is 48.3 Å². The van der Waals surface area contributed by atoms with Gasteiger partial charge in [0.1, 0.15) is 0 Å². The average molecular weight is 460 g/mol. The lowest BCUT2D eigenvalue weighted by atomic mass is 9.87. The minimum Gasteiger partial charge on any atom is -0.377 e. The molecule has 30 heavy (non-hydrogen) atoms. The maximum Gasteiger partial charge on any atom is 0.460 e. The third-order valence-electron chi connectivity index (χ3n) is 4.82. The van der Waals surface area contributed by atoms with Crippen molar-refractivity contribution < 1.29 is 53.0 Å². The van der Waals surface area contributed by atoms with Crippen LogP contribution < -0.4 is 0 Å². The van der Waals surface area contributed by atoms with E-state index in [-0.39, 0.29) is 11.5 Å². The molecule has 0 spiro atoms. The molecule has 0 bridgehead atoms. The van der Waals surface area contributed by atoms with Crippen LogP contribution in [0.3, 0.4) is 0 Å². The van der Waals surface area contributed by atoms with Gasteiger partial charge in [0.05, 0.1) is 6.10 Å². The number of halogens is 11. The molecule has 0 saturated carbocycles. The van der Waals surface area contributed by atoms with E-state index in [9.17, 15) is 48.3 Å². The molecule has 1 rings (SSSR count). The molecule has 0 heterocycles. The van der Waals surface area contributed by atoms with Gasteiger partial charge in [0, 0.05) is 13.5 Å². The fraction of sp³-hybridized carbons (Fsp3) is 0.667. The van der Waals surface area contributed by atoms with E-state index in [1.54, 1.807) is 13.8 Å². The Morgan fingerprint density at radius 1 is 0.767 bits per heavy atom. The molecule has 1 aromatic rings. The number of methoxy groups -OCH3 is 1. The Morgan fingerprint density at radius 2 is 1.23 bits per heavy atom. The van der Waals surface area contributed by atoms with E-state index in [0.717, 1.165) is 7.11 Å². The monoisotopic (exact) mass is 460 g/mol. The molecule has 0 radical (unpaired) electrons. The van der Waals surface area contributed by atoms with Gasteiger partial charge in [-0.3, -0.25) is 0 Å². The molecule has 0 saturated heterocycles. The summed E-state index contributed by atoms with van der Waals surface area (Å²) in [5.74, 6) is -28.1. The van der Waals surface area contributed by atoms with Crippen LogP contribution in [-0.4, -0.2) is 37.0 Å². The van der Waals surface area contributed by atoms with Crippen LogP contribution in [0.1, 0.15) is 49.8 Å². The molecule has 0 aromatic heterocycles. The predicted octanol–water partition coefficient (Wildman–Crippen LogP) is 7.38. The SMILES string of the molecule is CCC(C)c1ccccc1C(CC(F)(F)C(F)(F)C(F)(F)C(F)(F)C(F)(F)F)OC. The Hall–Kier alpha value is -1.59. The van der Waals surface area contributed by atoms with Crippen LogP contribution in [0.2, 0.25) is 0 Å². The van der Waals surface area contributed by atoms with E-state index in [2.05, 4.69) is 0 Å². The van der Waals surface area contributed by atoms with Crippen molar-refractivity contribution in [2.75, 3.05) is 7.11 Å². The second-order valence-corrected chi connectivity index (χ2v) is 6.79. The van der Waals surface area contributed by atoms with Crippen molar-refractivity contribution in [3.63, 3.8) is 0 Å². The van der Waals surface area contributed by atoms with Gasteiger partial charge >= 0.3 is 29.9 Å². The number of rotatable bonds is 9. The third-order valence-corrected chi connectivity index (χ3v) is 4.82. The fourth-order valence-electron chi connectivity index (χ4n) is 2.76. The first-order valence-corrected chi connectivity index (χ1v) is 8.58. The molecule has 2 unspecified atom stereocenters. The number of alkyl halides is 11. The quantitative estimate of drug-likeness (QED) is 0.350. The van der Waals surface area contributed by atoms with Gasteiger partial charge in [-0.25, -0.2) is 0 Å². The highest BCUT2D eigenvalue weighted by atomic mass is 19.4. The van der Waals surface area contributed by atoms with E-state index < -0.39 is 42.4 Å². The zero-order valence-corrected chi connectivity index (χ0v) is 15.9.